The Morgan fingerprint density at radius 1 is 1.31 bits per heavy atom. The quantitative estimate of drug-likeness (QED) is 0.773. The molecule has 16 heavy (non-hydrogen) atoms. The van der Waals surface area contributed by atoms with Crippen molar-refractivity contribution in [3.05, 3.63) is 0 Å². The number of halogens is 1. The molecule has 2 aliphatic rings. The highest BCUT2D eigenvalue weighted by Crippen LogP contribution is 2.29. The van der Waals surface area contributed by atoms with E-state index in [0.29, 0.717) is 12.5 Å². The van der Waals surface area contributed by atoms with E-state index < -0.39 is 0 Å². The van der Waals surface area contributed by atoms with E-state index in [-0.39, 0.29) is 30.3 Å². The van der Waals surface area contributed by atoms with Gasteiger partial charge in [-0.15, -0.1) is 12.4 Å². The monoisotopic (exact) mass is 248 g/mol. The molecule has 0 unspecified atom stereocenters. The van der Waals surface area contributed by atoms with Crippen molar-refractivity contribution in [2.75, 3.05) is 19.7 Å². The largest absolute Gasteiger partial charge is 0.377 e. The van der Waals surface area contributed by atoms with Crippen LogP contribution >= 0.6 is 12.4 Å². The Morgan fingerprint density at radius 2 is 2.00 bits per heavy atom. The lowest BCUT2D eigenvalue weighted by atomic mass is 9.87. The van der Waals surface area contributed by atoms with Crippen molar-refractivity contribution in [1.82, 2.24) is 5.32 Å². The third-order valence-electron chi connectivity index (χ3n) is 3.60. The molecule has 1 amide bonds. The molecule has 0 bridgehead atoms. The standard InChI is InChI=1S/C11H20N2O2.ClH/c12-11(14)9-3-6-15-10(9)7-8-1-4-13-5-2-8;/h8-10,13H,1-7H2,(H2,12,14);1H/t9-,10-;/m1./s1. The van der Waals surface area contributed by atoms with Gasteiger partial charge in [0.1, 0.15) is 0 Å². The van der Waals surface area contributed by atoms with Crippen molar-refractivity contribution in [3.63, 3.8) is 0 Å². The number of rotatable bonds is 3. The number of carbonyl (C=O) groups excluding carboxylic acids is 1. The van der Waals surface area contributed by atoms with Crippen LogP contribution in [-0.4, -0.2) is 31.7 Å². The number of piperidine rings is 1. The SMILES string of the molecule is Cl.NC(=O)[C@@H]1CCO[C@@H]1CC1CCNCC1. The molecular formula is C11H21ClN2O2. The lowest BCUT2D eigenvalue weighted by molar-refractivity contribution is -0.123. The minimum absolute atomic E-state index is 0. The second-order valence-electron chi connectivity index (χ2n) is 4.64. The van der Waals surface area contributed by atoms with E-state index in [9.17, 15) is 4.79 Å². The van der Waals surface area contributed by atoms with Gasteiger partial charge in [-0.05, 0) is 44.7 Å². The average Bonchev–Trinajstić information content (AvgIpc) is 2.67. The van der Waals surface area contributed by atoms with Crippen LogP contribution in [0.4, 0.5) is 0 Å². The molecule has 2 rings (SSSR count). The van der Waals surface area contributed by atoms with Gasteiger partial charge in [-0.2, -0.15) is 0 Å². The molecule has 0 aromatic rings. The molecule has 94 valence electrons. The van der Waals surface area contributed by atoms with E-state index in [0.717, 1.165) is 25.9 Å². The van der Waals surface area contributed by atoms with Crippen LogP contribution in [0, 0.1) is 11.8 Å². The maximum absolute atomic E-state index is 11.2. The fourth-order valence-electron chi connectivity index (χ4n) is 2.65. The Hall–Kier alpha value is -0.320. The first-order chi connectivity index (χ1) is 7.27. The summed E-state index contributed by atoms with van der Waals surface area (Å²) in [4.78, 5) is 11.2. The predicted molar refractivity (Wildman–Crippen MR) is 64.5 cm³/mol. The highest BCUT2D eigenvalue weighted by Gasteiger charge is 2.34. The maximum atomic E-state index is 11.2. The molecule has 5 heteroatoms. The summed E-state index contributed by atoms with van der Waals surface area (Å²) in [5.41, 5.74) is 5.36. The first kappa shape index (κ1) is 13.7. The number of hydrogen-bond donors (Lipinski definition) is 2. The molecule has 3 N–H and O–H groups in total. The Labute approximate surface area is 103 Å². The fraction of sp³-hybridized carbons (Fsp3) is 0.909. The summed E-state index contributed by atoms with van der Waals surface area (Å²) in [7, 11) is 0. The Morgan fingerprint density at radius 3 is 2.62 bits per heavy atom. The number of amides is 1. The zero-order chi connectivity index (χ0) is 10.7. The fourth-order valence-corrected chi connectivity index (χ4v) is 2.65. The highest BCUT2D eigenvalue weighted by atomic mass is 35.5. The number of nitrogens with two attached hydrogens (primary N) is 1. The van der Waals surface area contributed by atoms with E-state index >= 15 is 0 Å². The van der Waals surface area contributed by atoms with Gasteiger partial charge < -0.3 is 15.8 Å². The first-order valence-corrected chi connectivity index (χ1v) is 5.89. The van der Waals surface area contributed by atoms with Crippen LogP contribution in [-0.2, 0) is 9.53 Å². The number of ether oxygens (including phenoxy) is 1. The third-order valence-corrected chi connectivity index (χ3v) is 3.60. The summed E-state index contributed by atoms with van der Waals surface area (Å²) in [5, 5.41) is 3.34. The zero-order valence-electron chi connectivity index (χ0n) is 9.48. The van der Waals surface area contributed by atoms with Crippen LogP contribution < -0.4 is 11.1 Å². The average molecular weight is 249 g/mol. The van der Waals surface area contributed by atoms with Gasteiger partial charge in [0.15, 0.2) is 0 Å². The van der Waals surface area contributed by atoms with Gasteiger partial charge >= 0.3 is 0 Å². The van der Waals surface area contributed by atoms with Crippen LogP contribution in [0.5, 0.6) is 0 Å². The minimum Gasteiger partial charge on any atom is -0.377 e. The van der Waals surface area contributed by atoms with Crippen molar-refractivity contribution < 1.29 is 9.53 Å². The summed E-state index contributed by atoms with van der Waals surface area (Å²) in [5.74, 6) is 0.475. The molecule has 2 atom stereocenters. The van der Waals surface area contributed by atoms with Gasteiger partial charge in [0, 0.05) is 6.61 Å². The van der Waals surface area contributed by atoms with Crippen molar-refractivity contribution in [2.45, 2.75) is 31.8 Å². The van der Waals surface area contributed by atoms with Gasteiger partial charge in [-0.3, -0.25) is 4.79 Å². The van der Waals surface area contributed by atoms with E-state index in [1.54, 1.807) is 0 Å². The molecule has 0 spiro atoms. The van der Waals surface area contributed by atoms with Crippen LogP contribution in [0.1, 0.15) is 25.7 Å². The summed E-state index contributed by atoms with van der Waals surface area (Å²) < 4.78 is 5.61. The van der Waals surface area contributed by atoms with Crippen LogP contribution in [0.25, 0.3) is 0 Å². The highest BCUT2D eigenvalue weighted by molar-refractivity contribution is 5.85. The molecule has 0 aromatic heterocycles. The Bertz CT molecular complexity index is 232. The lowest BCUT2D eigenvalue weighted by Crippen LogP contribution is -2.34. The second-order valence-corrected chi connectivity index (χ2v) is 4.64. The van der Waals surface area contributed by atoms with Crippen molar-refractivity contribution >= 4 is 18.3 Å². The summed E-state index contributed by atoms with van der Waals surface area (Å²) in [6, 6.07) is 0. The molecule has 0 aliphatic carbocycles. The minimum atomic E-state index is -0.188. The molecule has 2 fully saturated rings. The predicted octanol–water partition coefficient (Wildman–Crippen LogP) is 0.688. The van der Waals surface area contributed by atoms with Crippen molar-refractivity contribution in [2.24, 2.45) is 17.6 Å². The van der Waals surface area contributed by atoms with Gasteiger partial charge in [0.2, 0.25) is 5.91 Å². The summed E-state index contributed by atoms with van der Waals surface area (Å²) in [6.45, 7) is 2.89. The van der Waals surface area contributed by atoms with Gasteiger partial charge in [0.25, 0.3) is 0 Å². The smallest absolute Gasteiger partial charge is 0.223 e. The zero-order valence-corrected chi connectivity index (χ0v) is 10.3. The number of nitrogens with one attached hydrogen (secondary N) is 1. The summed E-state index contributed by atoms with van der Waals surface area (Å²) in [6.07, 6.45) is 4.31. The third kappa shape index (κ3) is 3.34. The van der Waals surface area contributed by atoms with E-state index in [2.05, 4.69) is 5.32 Å². The molecule has 2 saturated heterocycles. The van der Waals surface area contributed by atoms with Gasteiger partial charge in [-0.1, -0.05) is 0 Å². The van der Waals surface area contributed by atoms with Crippen molar-refractivity contribution in [3.8, 4) is 0 Å². The van der Waals surface area contributed by atoms with Crippen LogP contribution in [0.3, 0.4) is 0 Å². The van der Waals surface area contributed by atoms with Gasteiger partial charge in [-0.25, -0.2) is 0 Å². The molecule has 0 aromatic carbocycles. The van der Waals surface area contributed by atoms with Gasteiger partial charge in [0.05, 0.1) is 12.0 Å². The molecular weight excluding hydrogens is 228 g/mol. The maximum Gasteiger partial charge on any atom is 0.223 e. The van der Waals surface area contributed by atoms with E-state index in [1.807, 2.05) is 0 Å². The molecule has 0 radical (unpaired) electrons. The number of carbonyl (C=O) groups is 1. The normalized spacial score (nSPS) is 31.0. The second kappa shape index (κ2) is 6.42. The molecule has 4 nitrogen and oxygen atoms in total. The van der Waals surface area contributed by atoms with Crippen LogP contribution in [0.2, 0.25) is 0 Å². The Balaban J connectivity index is 0.00000128. The number of hydrogen-bond acceptors (Lipinski definition) is 3. The lowest BCUT2D eigenvalue weighted by Gasteiger charge is -2.26. The topological polar surface area (TPSA) is 64.4 Å². The van der Waals surface area contributed by atoms with Crippen molar-refractivity contribution in [1.29, 1.82) is 0 Å². The molecule has 0 saturated carbocycles. The van der Waals surface area contributed by atoms with E-state index in [4.69, 9.17) is 10.5 Å². The van der Waals surface area contributed by atoms with Crippen LogP contribution in [0.15, 0.2) is 0 Å². The molecule has 2 heterocycles. The Kier molecular flexibility index (Phi) is 5.52. The summed E-state index contributed by atoms with van der Waals surface area (Å²) >= 11 is 0. The first-order valence-electron chi connectivity index (χ1n) is 5.89. The number of primary amides is 1. The van der Waals surface area contributed by atoms with E-state index in [1.165, 1.54) is 12.8 Å². The molecule has 2 aliphatic heterocycles.